The van der Waals surface area contributed by atoms with Gasteiger partial charge in [-0.1, -0.05) is 18.2 Å². The fourth-order valence-electron chi connectivity index (χ4n) is 2.62. The number of amides is 1. The first kappa shape index (κ1) is 18.7. The van der Waals surface area contributed by atoms with Gasteiger partial charge in [-0.2, -0.15) is 5.10 Å². The Labute approximate surface area is 156 Å². The first-order valence-electron chi connectivity index (χ1n) is 8.49. The summed E-state index contributed by atoms with van der Waals surface area (Å²) in [7, 11) is 1.80. The predicted molar refractivity (Wildman–Crippen MR) is 99.5 cm³/mol. The molecule has 0 aliphatic heterocycles. The first-order chi connectivity index (χ1) is 12.9. The maximum atomic E-state index is 13.7. The smallest absolute Gasteiger partial charge is 0.241 e. The van der Waals surface area contributed by atoms with Crippen LogP contribution in [0.2, 0.25) is 0 Å². The number of benzene rings is 2. The standard InChI is InChI=1S/C20H20F2N4O/c1-14(20(27)24-19-9-8-16(21)10-18(19)22)25(2)12-15-11-23-26(13-15)17-6-4-3-5-7-17/h3-11,13-14H,12H2,1-2H3,(H,24,27)/t14-/m0/s1. The summed E-state index contributed by atoms with van der Waals surface area (Å²) in [6, 6.07) is 12.2. The summed E-state index contributed by atoms with van der Waals surface area (Å²) in [6.45, 7) is 2.21. The molecule has 3 rings (SSSR count). The van der Waals surface area contributed by atoms with Gasteiger partial charge in [0.05, 0.1) is 23.6 Å². The van der Waals surface area contributed by atoms with Crippen molar-refractivity contribution in [2.75, 3.05) is 12.4 Å². The van der Waals surface area contributed by atoms with E-state index in [9.17, 15) is 13.6 Å². The van der Waals surface area contributed by atoms with E-state index in [0.717, 1.165) is 23.4 Å². The van der Waals surface area contributed by atoms with Crippen LogP contribution in [0.15, 0.2) is 60.9 Å². The summed E-state index contributed by atoms with van der Waals surface area (Å²) in [5.74, 6) is -1.87. The fraction of sp³-hybridized carbons (Fsp3) is 0.200. The lowest BCUT2D eigenvalue weighted by Gasteiger charge is -2.23. The van der Waals surface area contributed by atoms with Gasteiger partial charge in [0.1, 0.15) is 11.6 Å². The van der Waals surface area contributed by atoms with Gasteiger partial charge in [0.25, 0.3) is 0 Å². The van der Waals surface area contributed by atoms with Crippen LogP contribution in [-0.2, 0) is 11.3 Å². The summed E-state index contributed by atoms with van der Waals surface area (Å²) in [5, 5.41) is 6.83. The number of nitrogens with one attached hydrogen (secondary N) is 1. The number of likely N-dealkylation sites (N-methyl/N-ethyl adjacent to an activating group) is 1. The zero-order valence-electron chi connectivity index (χ0n) is 15.1. The molecule has 1 heterocycles. The average Bonchev–Trinajstić information content (AvgIpc) is 3.12. The van der Waals surface area contributed by atoms with Crippen molar-refractivity contribution >= 4 is 11.6 Å². The molecule has 1 amide bonds. The molecule has 5 nitrogen and oxygen atoms in total. The summed E-state index contributed by atoms with van der Waals surface area (Å²) < 4.78 is 28.4. The summed E-state index contributed by atoms with van der Waals surface area (Å²) in [5.41, 5.74) is 1.84. The normalized spacial score (nSPS) is 12.2. The van der Waals surface area contributed by atoms with Gasteiger partial charge in [0, 0.05) is 24.4 Å². The van der Waals surface area contributed by atoms with Crippen LogP contribution >= 0.6 is 0 Å². The van der Waals surface area contributed by atoms with E-state index in [4.69, 9.17) is 0 Å². The molecule has 1 aromatic heterocycles. The summed E-state index contributed by atoms with van der Waals surface area (Å²) in [4.78, 5) is 14.2. The highest BCUT2D eigenvalue weighted by Gasteiger charge is 2.20. The highest BCUT2D eigenvalue weighted by molar-refractivity contribution is 5.94. The Morgan fingerprint density at radius 1 is 1.22 bits per heavy atom. The molecule has 0 unspecified atom stereocenters. The Bertz CT molecular complexity index is 927. The van der Waals surface area contributed by atoms with Gasteiger partial charge in [-0.15, -0.1) is 0 Å². The quantitative estimate of drug-likeness (QED) is 0.721. The Hall–Kier alpha value is -3.06. The molecular weight excluding hydrogens is 350 g/mol. The third-order valence-corrected chi connectivity index (χ3v) is 4.32. The molecule has 1 atom stereocenters. The van der Waals surface area contributed by atoms with Crippen molar-refractivity contribution < 1.29 is 13.6 Å². The molecule has 0 radical (unpaired) electrons. The molecule has 0 spiro atoms. The van der Waals surface area contributed by atoms with Crippen molar-refractivity contribution in [3.05, 3.63) is 78.1 Å². The summed E-state index contributed by atoms with van der Waals surface area (Å²) >= 11 is 0. The van der Waals surface area contributed by atoms with Crippen LogP contribution in [0.3, 0.4) is 0 Å². The third-order valence-electron chi connectivity index (χ3n) is 4.32. The van der Waals surface area contributed by atoms with Crippen LogP contribution in [0, 0.1) is 11.6 Å². The van der Waals surface area contributed by atoms with E-state index in [1.165, 1.54) is 6.07 Å². The van der Waals surface area contributed by atoms with E-state index in [-0.39, 0.29) is 11.6 Å². The van der Waals surface area contributed by atoms with Crippen molar-refractivity contribution in [2.24, 2.45) is 0 Å². The third kappa shape index (κ3) is 4.57. The molecule has 0 aliphatic carbocycles. The van der Waals surface area contributed by atoms with E-state index >= 15 is 0 Å². The van der Waals surface area contributed by atoms with Gasteiger partial charge in [0.2, 0.25) is 5.91 Å². The highest BCUT2D eigenvalue weighted by Crippen LogP contribution is 2.16. The lowest BCUT2D eigenvalue weighted by molar-refractivity contribution is -0.120. The number of carbonyl (C=O) groups excluding carboxylic acids is 1. The zero-order valence-corrected chi connectivity index (χ0v) is 15.1. The van der Waals surface area contributed by atoms with Crippen LogP contribution in [0.1, 0.15) is 12.5 Å². The van der Waals surface area contributed by atoms with E-state index in [2.05, 4.69) is 10.4 Å². The van der Waals surface area contributed by atoms with Gasteiger partial charge in [-0.3, -0.25) is 9.69 Å². The Balaban J connectivity index is 1.62. The number of rotatable bonds is 6. The SMILES string of the molecule is C[C@@H](C(=O)Nc1ccc(F)cc1F)N(C)Cc1cnn(-c2ccccc2)c1. The van der Waals surface area contributed by atoms with Gasteiger partial charge < -0.3 is 5.32 Å². The second kappa shape index (κ2) is 8.09. The van der Waals surface area contributed by atoms with Gasteiger partial charge >= 0.3 is 0 Å². The second-order valence-electron chi connectivity index (χ2n) is 6.33. The van der Waals surface area contributed by atoms with Crippen molar-refractivity contribution in [3.8, 4) is 5.69 Å². The minimum absolute atomic E-state index is 0.0430. The second-order valence-corrected chi connectivity index (χ2v) is 6.33. The zero-order chi connectivity index (χ0) is 19.4. The Kier molecular flexibility index (Phi) is 5.61. The van der Waals surface area contributed by atoms with Crippen molar-refractivity contribution in [2.45, 2.75) is 19.5 Å². The van der Waals surface area contributed by atoms with Gasteiger partial charge in [-0.05, 0) is 38.2 Å². The topological polar surface area (TPSA) is 50.2 Å². The number of anilines is 1. The van der Waals surface area contributed by atoms with Crippen LogP contribution in [0.4, 0.5) is 14.5 Å². The van der Waals surface area contributed by atoms with Crippen molar-refractivity contribution in [1.82, 2.24) is 14.7 Å². The van der Waals surface area contributed by atoms with E-state index in [0.29, 0.717) is 6.54 Å². The van der Waals surface area contributed by atoms with Gasteiger partial charge in [0.15, 0.2) is 0 Å². The summed E-state index contributed by atoms with van der Waals surface area (Å²) in [6.07, 6.45) is 3.64. The van der Waals surface area contributed by atoms with Crippen LogP contribution in [0.5, 0.6) is 0 Å². The average molecular weight is 370 g/mol. The molecule has 3 aromatic rings. The van der Waals surface area contributed by atoms with Crippen LogP contribution in [0.25, 0.3) is 5.69 Å². The Morgan fingerprint density at radius 3 is 2.67 bits per heavy atom. The molecule has 0 saturated carbocycles. The number of halogens is 2. The number of hydrogen-bond donors (Lipinski definition) is 1. The number of aromatic nitrogens is 2. The predicted octanol–water partition coefficient (Wildman–Crippen LogP) is 3.61. The number of hydrogen-bond acceptors (Lipinski definition) is 3. The molecule has 1 N–H and O–H groups in total. The lowest BCUT2D eigenvalue weighted by Crippen LogP contribution is -2.39. The highest BCUT2D eigenvalue weighted by atomic mass is 19.1. The van der Waals surface area contributed by atoms with E-state index < -0.39 is 17.7 Å². The maximum absolute atomic E-state index is 13.7. The molecule has 27 heavy (non-hydrogen) atoms. The molecule has 0 saturated heterocycles. The number of nitrogens with zero attached hydrogens (tertiary/aromatic N) is 3. The molecule has 0 aliphatic rings. The number of para-hydroxylation sites is 1. The lowest BCUT2D eigenvalue weighted by atomic mass is 10.2. The van der Waals surface area contributed by atoms with Crippen molar-refractivity contribution in [1.29, 1.82) is 0 Å². The molecule has 0 fully saturated rings. The van der Waals surface area contributed by atoms with Crippen LogP contribution in [-0.4, -0.2) is 33.7 Å². The molecule has 7 heteroatoms. The number of carbonyl (C=O) groups is 1. The maximum Gasteiger partial charge on any atom is 0.241 e. The van der Waals surface area contributed by atoms with E-state index in [1.807, 2.05) is 41.4 Å². The minimum Gasteiger partial charge on any atom is -0.322 e. The monoisotopic (exact) mass is 370 g/mol. The molecule has 0 bridgehead atoms. The van der Waals surface area contributed by atoms with Crippen molar-refractivity contribution in [3.63, 3.8) is 0 Å². The van der Waals surface area contributed by atoms with E-state index in [1.54, 1.807) is 24.9 Å². The Morgan fingerprint density at radius 2 is 1.96 bits per heavy atom. The minimum atomic E-state index is -0.803. The molecular formula is C20H20F2N4O. The van der Waals surface area contributed by atoms with Crippen LogP contribution < -0.4 is 5.32 Å². The molecule has 140 valence electrons. The van der Waals surface area contributed by atoms with Gasteiger partial charge in [-0.25, -0.2) is 13.5 Å². The largest absolute Gasteiger partial charge is 0.322 e. The molecule has 2 aromatic carbocycles. The fourth-order valence-corrected chi connectivity index (χ4v) is 2.62. The first-order valence-corrected chi connectivity index (χ1v) is 8.49.